The molecule has 0 spiro atoms. The molecule has 1 atom stereocenters. The second kappa shape index (κ2) is 10.2. The fourth-order valence-electron chi connectivity index (χ4n) is 3.24. The van der Waals surface area contributed by atoms with Gasteiger partial charge in [0.2, 0.25) is 0 Å². The maximum atomic E-state index is 14.4. The van der Waals surface area contributed by atoms with Crippen molar-refractivity contribution in [1.82, 2.24) is 9.97 Å². The van der Waals surface area contributed by atoms with Gasteiger partial charge in [-0.25, -0.2) is 23.5 Å². The highest BCUT2D eigenvalue weighted by Crippen LogP contribution is 2.29. The molecule has 3 aromatic rings. The van der Waals surface area contributed by atoms with E-state index >= 15 is 0 Å². The maximum absolute atomic E-state index is 14.4. The number of nitrogens with one attached hydrogen (secondary N) is 1. The van der Waals surface area contributed by atoms with E-state index in [0.29, 0.717) is 5.69 Å². The highest BCUT2D eigenvalue weighted by molar-refractivity contribution is 5.97. The Hall–Kier alpha value is -3.88. The van der Waals surface area contributed by atoms with Gasteiger partial charge in [0, 0.05) is 5.69 Å². The minimum absolute atomic E-state index is 0.0346. The Labute approximate surface area is 189 Å². The molecule has 1 heterocycles. The molecular formula is C24H23F2N3O4. The van der Waals surface area contributed by atoms with E-state index in [1.807, 2.05) is 0 Å². The summed E-state index contributed by atoms with van der Waals surface area (Å²) in [5.41, 5.74) is 1.09. The number of benzene rings is 2. The first kappa shape index (κ1) is 23.8. The molecule has 0 radical (unpaired) electrons. The van der Waals surface area contributed by atoms with Gasteiger partial charge in [0.15, 0.2) is 5.82 Å². The molecule has 172 valence electrons. The maximum Gasteiger partial charge on any atom is 0.343 e. The van der Waals surface area contributed by atoms with Gasteiger partial charge in [-0.1, -0.05) is 18.2 Å². The van der Waals surface area contributed by atoms with Gasteiger partial charge < -0.3 is 14.8 Å². The minimum Gasteiger partial charge on any atom is -0.469 e. The Kier molecular flexibility index (Phi) is 7.32. The van der Waals surface area contributed by atoms with E-state index in [9.17, 15) is 18.4 Å². The highest BCUT2D eigenvalue weighted by Gasteiger charge is 2.23. The van der Waals surface area contributed by atoms with E-state index in [1.165, 1.54) is 20.1 Å². The molecule has 33 heavy (non-hydrogen) atoms. The van der Waals surface area contributed by atoms with Crippen molar-refractivity contribution in [3.8, 4) is 11.4 Å². The van der Waals surface area contributed by atoms with Crippen molar-refractivity contribution < 1.29 is 27.8 Å². The molecule has 1 unspecified atom stereocenters. The number of methoxy groups -OCH3 is 1. The molecule has 0 saturated carbocycles. The molecule has 0 amide bonds. The Bertz CT molecular complexity index is 1160. The third-order valence-corrected chi connectivity index (χ3v) is 4.98. The lowest BCUT2D eigenvalue weighted by atomic mass is 10.0. The number of halogens is 2. The largest absolute Gasteiger partial charge is 0.469 e. The number of hydrogen-bond donors (Lipinski definition) is 1. The number of rotatable bonds is 7. The van der Waals surface area contributed by atoms with Gasteiger partial charge in [-0.05, 0) is 50.6 Å². The Morgan fingerprint density at radius 1 is 1.06 bits per heavy atom. The Balaban J connectivity index is 2.06. The van der Waals surface area contributed by atoms with Crippen LogP contribution in [-0.4, -0.2) is 35.6 Å². The van der Waals surface area contributed by atoms with Crippen LogP contribution in [0.4, 0.5) is 20.3 Å². The van der Waals surface area contributed by atoms with Gasteiger partial charge in [-0.2, -0.15) is 0 Å². The molecule has 0 aliphatic carbocycles. The number of aromatic nitrogens is 2. The van der Waals surface area contributed by atoms with Gasteiger partial charge in [0.05, 0.1) is 30.9 Å². The first-order valence-corrected chi connectivity index (χ1v) is 10.2. The van der Waals surface area contributed by atoms with E-state index < -0.39 is 29.1 Å². The molecule has 3 rings (SSSR count). The lowest BCUT2D eigenvalue weighted by Gasteiger charge is -2.15. The predicted molar refractivity (Wildman–Crippen MR) is 118 cm³/mol. The zero-order valence-electron chi connectivity index (χ0n) is 18.6. The molecule has 0 fully saturated rings. The van der Waals surface area contributed by atoms with E-state index in [1.54, 1.807) is 38.1 Å². The van der Waals surface area contributed by atoms with E-state index in [-0.39, 0.29) is 35.5 Å². The number of ether oxygens (including phenoxy) is 2. The van der Waals surface area contributed by atoms with Crippen molar-refractivity contribution in [3.05, 3.63) is 70.9 Å². The molecule has 7 nitrogen and oxygen atoms in total. The van der Waals surface area contributed by atoms with Gasteiger partial charge in [-0.15, -0.1) is 0 Å². The number of esters is 2. The molecule has 0 saturated heterocycles. The summed E-state index contributed by atoms with van der Waals surface area (Å²) in [5, 5.41) is 3.00. The molecule has 0 bridgehead atoms. The van der Waals surface area contributed by atoms with E-state index in [4.69, 9.17) is 9.47 Å². The summed E-state index contributed by atoms with van der Waals surface area (Å²) in [7, 11) is 1.32. The molecule has 2 aromatic carbocycles. The molecular weight excluding hydrogens is 432 g/mol. The zero-order chi connectivity index (χ0) is 24.1. The average Bonchev–Trinajstić information content (AvgIpc) is 2.78. The normalized spacial score (nSPS) is 11.6. The topological polar surface area (TPSA) is 90.4 Å². The van der Waals surface area contributed by atoms with Gasteiger partial charge in [-0.3, -0.25) is 4.79 Å². The first-order chi connectivity index (χ1) is 15.8. The monoisotopic (exact) mass is 455 g/mol. The number of nitrogens with zero attached hydrogens (tertiary/aromatic N) is 2. The first-order valence-electron chi connectivity index (χ1n) is 10.2. The standard InChI is InChI=1S/C24H23F2N3O4/c1-5-33-24(31)19-14(3)27-22(20-17(25)7-6-8-18(20)26)29-21(19)28-16-11-9-15(10-12-16)13(2)23(30)32-4/h6-13H,5H2,1-4H3,(H,27,28,29). The smallest absolute Gasteiger partial charge is 0.343 e. The lowest BCUT2D eigenvalue weighted by molar-refractivity contribution is -0.142. The van der Waals surface area contributed by atoms with Crippen LogP contribution < -0.4 is 5.32 Å². The van der Waals surface area contributed by atoms with Crippen molar-refractivity contribution in [2.24, 2.45) is 0 Å². The molecule has 0 aliphatic rings. The lowest BCUT2D eigenvalue weighted by Crippen LogP contribution is -2.14. The number of aryl methyl sites for hydroxylation is 1. The second-order valence-corrected chi connectivity index (χ2v) is 7.17. The summed E-state index contributed by atoms with van der Waals surface area (Å²) in [6.07, 6.45) is 0. The fourth-order valence-corrected chi connectivity index (χ4v) is 3.24. The highest BCUT2D eigenvalue weighted by atomic mass is 19.1. The van der Waals surface area contributed by atoms with Gasteiger partial charge >= 0.3 is 11.9 Å². The van der Waals surface area contributed by atoms with Crippen LogP contribution in [0.2, 0.25) is 0 Å². The van der Waals surface area contributed by atoms with Crippen molar-refractivity contribution in [3.63, 3.8) is 0 Å². The summed E-state index contributed by atoms with van der Waals surface area (Å²) in [5.74, 6) is -3.34. The van der Waals surface area contributed by atoms with Crippen LogP contribution >= 0.6 is 0 Å². The number of hydrogen-bond acceptors (Lipinski definition) is 7. The van der Waals surface area contributed by atoms with E-state index in [0.717, 1.165) is 17.7 Å². The summed E-state index contributed by atoms with van der Waals surface area (Å²) >= 11 is 0. The third-order valence-electron chi connectivity index (χ3n) is 4.98. The van der Waals surface area contributed by atoms with Crippen LogP contribution in [0.5, 0.6) is 0 Å². The van der Waals surface area contributed by atoms with Crippen molar-refractivity contribution in [2.45, 2.75) is 26.7 Å². The van der Waals surface area contributed by atoms with Gasteiger partial charge in [0.1, 0.15) is 23.0 Å². The number of anilines is 2. The minimum atomic E-state index is -0.828. The molecule has 1 N–H and O–H groups in total. The van der Waals surface area contributed by atoms with Crippen molar-refractivity contribution in [2.75, 3.05) is 19.0 Å². The molecule has 1 aromatic heterocycles. The Morgan fingerprint density at radius 3 is 2.27 bits per heavy atom. The molecule has 9 heteroatoms. The fraction of sp³-hybridized carbons (Fsp3) is 0.250. The van der Waals surface area contributed by atoms with Crippen LogP contribution in [0.25, 0.3) is 11.4 Å². The van der Waals surface area contributed by atoms with Crippen LogP contribution in [-0.2, 0) is 14.3 Å². The number of carbonyl (C=O) groups excluding carboxylic acids is 2. The van der Waals surface area contributed by atoms with Gasteiger partial charge in [0.25, 0.3) is 0 Å². The summed E-state index contributed by atoms with van der Waals surface area (Å²) in [4.78, 5) is 32.7. The van der Waals surface area contributed by atoms with Crippen molar-refractivity contribution >= 4 is 23.4 Å². The van der Waals surface area contributed by atoms with E-state index in [2.05, 4.69) is 15.3 Å². The third kappa shape index (κ3) is 5.14. The quantitative estimate of drug-likeness (QED) is 0.505. The SMILES string of the molecule is CCOC(=O)c1c(C)nc(-c2c(F)cccc2F)nc1Nc1ccc(C(C)C(=O)OC)cc1. The van der Waals surface area contributed by atoms with Crippen LogP contribution in [0, 0.1) is 18.6 Å². The van der Waals surface area contributed by atoms with Crippen LogP contribution in [0.15, 0.2) is 42.5 Å². The van der Waals surface area contributed by atoms with Crippen LogP contribution in [0.1, 0.15) is 41.4 Å². The van der Waals surface area contributed by atoms with Crippen molar-refractivity contribution in [1.29, 1.82) is 0 Å². The summed E-state index contributed by atoms with van der Waals surface area (Å²) in [6.45, 7) is 5.03. The Morgan fingerprint density at radius 2 is 1.70 bits per heavy atom. The second-order valence-electron chi connectivity index (χ2n) is 7.17. The summed E-state index contributed by atoms with van der Waals surface area (Å²) in [6, 6.07) is 10.3. The zero-order valence-corrected chi connectivity index (χ0v) is 18.6. The predicted octanol–water partition coefficient (Wildman–Crippen LogP) is 4.93. The number of carbonyl (C=O) groups is 2. The van der Waals surface area contributed by atoms with Crippen LogP contribution in [0.3, 0.4) is 0 Å². The molecule has 0 aliphatic heterocycles. The summed E-state index contributed by atoms with van der Waals surface area (Å²) < 4.78 is 38.6. The average molecular weight is 455 g/mol.